The van der Waals surface area contributed by atoms with E-state index in [2.05, 4.69) is 15.6 Å². The molecule has 194 valence electrons. The van der Waals surface area contributed by atoms with Gasteiger partial charge < -0.3 is 24.7 Å². The van der Waals surface area contributed by atoms with E-state index in [1.165, 1.54) is 7.11 Å². The van der Waals surface area contributed by atoms with Gasteiger partial charge in [-0.05, 0) is 73.2 Å². The number of amides is 1. The number of furan rings is 1. The van der Waals surface area contributed by atoms with Gasteiger partial charge in [0.25, 0.3) is 0 Å². The van der Waals surface area contributed by atoms with Gasteiger partial charge in [-0.3, -0.25) is 9.78 Å². The Balaban J connectivity index is 1.54. The molecule has 2 atom stereocenters. The monoisotopic (exact) mass is 566 g/mol. The Bertz CT molecular complexity index is 1490. The summed E-state index contributed by atoms with van der Waals surface area (Å²) < 4.78 is 11.3. The first-order valence-electron chi connectivity index (χ1n) is 11.8. The summed E-state index contributed by atoms with van der Waals surface area (Å²) in [4.78, 5) is 18.5. The van der Waals surface area contributed by atoms with E-state index in [1.807, 2.05) is 66.4 Å². The minimum Gasteiger partial charge on any atom is -0.459 e. The molecule has 1 amide bonds. The lowest BCUT2D eigenvalue weighted by Gasteiger charge is -2.26. The van der Waals surface area contributed by atoms with Crippen LogP contribution in [0.4, 0.5) is 11.4 Å². The molecular weight excluding hydrogens is 543 g/mol. The molecule has 1 saturated heterocycles. The van der Waals surface area contributed by atoms with Gasteiger partial charge in [-0.2, -0.15) is 0 Å². The molecule has 2 aromatic heterocycles. The van der Waals surface area contributed by atoms with Crippen LogP contribution in [-0.4, -0.2) is 29.7 Å². The summed E-state index contributed by atoms with van der Waals surface area (Å²) in [5, 5.41) is 7.68. The fourth-order valence-corrected chi connectivity index (χ4v) is 5.16. The molecule has 10 heteroatoms. The third kappa shape index (κ3) is 5.26. The van der Waals surface area contributed by atoms with Crippen molar-refractivity contribution in [2.45, 2.75) is 19.0 Å². The Hall–Kier alpha value is -3.43. The van der Waals surface area contributed by atoms with Crippen LogP contribution in [0, 0.1) is 6.92 Å². The van der Waals surface area contributed by atoms with Crippen molar-refractivity contribution < 1.29 is 13.9 Å². The zero-order valence-corrected chi connectivity index (χ0v) is 22.9. The number of ether oxygens (including phenoxy) is 1. The number of nitrogens with one attached hydrogen (secondary N) is 2. The molecule has 3 heterocycles. The number of carbonyl (C=O) groups excluding carboxylic acids is 1. The van der Waals surface area contributed by atoms with Gasteiger partial charge in [0, 0.05) is 29.6 Å². The second kappa shape index (κ2) is 11.1. The molecule has 4 aromatic rings. The normalized spacial score (nSPS) is 16.9. The topological polar surface area (TPSA) is 79.6 Å². The quantitative estimate of drug-likeness (QED) is 0.240. The summed E-state index contributed by atoms with van der Waals surface area (Å²) in [6, 6.07) is 20.1. The zero-order valence-electron chi connectivity index (χ0n) is 20.6. The highest BCUT2D eigenvalue weighted by Crippen LogP contribution is 2.44. The van der Waals surface area contributed by atoms with E-state index in [9.17, 15) is 4.79 Å². The molecule has 1 aliphatic heterocycles. The summed E-state index contributed by atoms with van der Waals surface area (Å²) in [6.07, 6.45) is 1.75. The average Bonchev–Trinajstić information content (AvgIpc) is 3.52. The van der Waals surface area contributed by atoms with Gasteiger partial charge in [-0.25, -0.2) is 0 Å². The fourth-order valence-electron chi connectivity index (χ4n) is 4.41. The van der Waals surface area contributed by atoms with E-state index in [0.717, 1.165) is 22.5 Å². The first-order chi connectivity index (χ1) is 18.4. The van der Waals surface area contributed by atoms with Crippen molar-refractivity contribution in [2.24, 2.45) is 0 Å². The van der Waals surface area contributed by atoms with Gasteiger partial charge in [0.05, 0.1) is 22.4 Å². The molecule has 0 radical (unpaired) electrons. The minimum absolute atomic E-state index is 0.0704. The van der Waals surface area contributed by atoms with E-state index in [0.29, 0.717) is 32.4 Å². The molecule has 38 heavy (non-hydrogen) atoms. The lowest BCUT2D eigenvalue weighted by Crippen LogP contribution is -2.29. The molecule has 0 aliphatic carbocycles. The van der Waals surface area contributed by atoms with Gasteiger partial charge in [-0.15, -0.1) is 0 Å². The number of benzene rings is 2. The number of thiocarbonyl (C=S) groups is 1. The summed E-state index contributed by atoms with van der Waals surface area (Å²) >= 11 is 18.7. The number of aromatic nitrogens is 1. The number of carbonyl (C=O) groups is 1. The molecule has 2 aromatic carbocycles. The maximum Gasteiger partial charge on any atom is 0.250 e. The molecule has 0 spiro atoms. The van der Waals surface area contributed by atoms with Crippen LogP contribution in [0.3, 0.4) is 0 Å². The molecule has 1 fully saturated rings. The van der Waals surface area contributed by atoms with Crippen molar-refractivity contribution >= 4 is 57.8 Å². The van der Waals surface area contributed by atoms with Crippen molar-refractivity contribution in [2.75, 3.05) is 23.9 Å². The molecule has 1 aliphatic rings. The summed E-state index contributed by atoms with van der Waals surface area (Å²) in [6.45, 7) is 1.89. The number of nitrogens with zero attached hydrogens (tertiary/aromatic N) is 2. The third-order valence-corrected chi connectivity index (χ3v) is 7.29. The van der Waals surface area contributed by atoms with Crippen molar-refractivity contribution in [3.05, 3.63) is 100.0 Å². The Morgan fingerprint density at radius 1 is 1.13 bits per heavy atom. The van der Waals surface area contributed by atoms with Crippen LogP contribution in [0.1, 0.15) is 29.1 Å². The number of pyridine rings is 1. The van der Waals surface area contributed by atoms with Crippen LogP contribution in [0.5, 0.6) is 0 Å². The molecule has 0 unspecified atom stereocenters. The van der Waals surface area contributed by atoms with Crippen molar-refractivity contribution in [3.63, 3.8) is 0 Å². The standard InChI is InChI=1S/C28H24Cl2N4O3S/c1-16-6-7-17(13-19(16)29)23-10-11-24(37-23)27-26(22-5-3-4-12-31-22)33-28(38)34(27)18-8-9-21(20(30)14-18)32-25(35)15-36-2/h3-14,26-27H,15H2,1-2H3,(H,32,35)(H,33,38)/t26-,27-/m0/s1. The smallest absolute Gasteiger partial charge is 0.250 e. The predicted molar refractivity (Wildman–Crippen MR) is 154 cm³/mol. The minimum atomic E-state index is -0.364. The van der Waals surface area contributed by atoms with Gasteiger partial charge >= 0.3 is 0 Å². The van der Waals surface area contributed by atoms with Crippen LogP contribution in [0.25, 0.3) is 11.3 Å². The summed E-state index contributed by atoms with van der Waals surface area (Å²) in [5.74, 6) is 1.08. The van der Waals surface area contributed by atoms with Gasteiger partial charge in [0.1, 0.15) is 24.2 Å². The molecular formula is C28H24Cl2N4O3S. The number of halogens is 2. The van der Waals surface area contributed by atoms with E-state index in [1.54, 1.807) is 18.3 Å². The number of hydrogen-bond donors (Lipinski definition) is 2. The Morgan fingerprint density at radius 3 is 2.68 bits per heavy atom. The lowest BCUT2D eigenvalue weighted by molar-refractivity contribution is -0.119. The SMILES string of the molecule is COCC(=O)Nc1ccc(N2C(=S)N[C@@H](c3ccccn3)[C@@H]2c2ccc(-c3ccc(C)c(Cl)c3)o2)cc1Cl. The van der Waals surface area contributed by atoms with Crippen LogP contribution in [-0.2, 0) is 9.53 Å². The van der Waals surface area contributed by atoms with Crippen molar-refractivity contribution in [1.29, 1.82) is 0 Å². The van der Waals surface area contributed by atoms with Crippen LogP contribution in [0.2, 0.25) is 10.0 Å². The Kier molecular flexibility index (Phi) is 7.67. The highest BCUT2D eigenvalue weighted by atomic mass is 35.5. The Morgan fingerprint density at radius 2 is 1.97 bits per heavy atom. The van der Waals surface area contributed by atoms with Crippen LogP contribution < -0.4 is 15.5 Å². The predicted octanol–water partition coefficient (Wildman–Crippen LogP) is 6.72. The van der Waals surface area contributed by atoms with E-state index < -0.39 is 0 Å². The molecule has 7 nitrogen and oxygen atoms in total. The van der Waals surface area contributed by atoms with Gasteiger partial charge in [0.15, 0.2) is 5.11 Å². The second-order valence-electron chi connectivity index (χ2n) is 8.81. The van der Waals surface area contributed by atoms with E-state index >= 15 is 0 Å². The number of aryl methyl sites for hydroxylation is 1. The first-order valence-corrected chi connectivity index (χ1v) is 13.0. The summed E-state index contributed by atoms with van der Waals surface area (Å²) in [5.41, 5.74) is 3.89. The van der Waals surface area contributed by atoms with Crippen LogP contribution >= 0.6 is 35.4 Å². The number of rotatable bonds is 7. The third-order valence-electron chi connectivity index (χ3n) is 6.25. The summed E-state index contributed by atoms with van der Waals surface area (Å²) in [7, 11) is 1.46. The maximum absolute atomic E-state index is 12.0. The largest absolute Gasteiger partial charge is 0.459 e. The highest BCUT2D eigenvalue weighted by molar-refractivity contribution is 7.80. The second-order valence-corrected chi connectivity index (χ2v) is 10.0. The number of methoxy groups -OCH3 is 1. The maximum atomic E-state index is 12.0. The van der Waals surface area contributed by atoms with Crippen molar-refractivity contribution in [3.8, 4) is 11.3 Å². The molecule has 5 rings (SSSR count). The fraction of sp³-hybridized carbons (Fsp3) is 0.179. The lowest BCUT2D eigenvalue weighted by atomic mass is 10.0. The van der Waals surface area contributed by atoms with Crippen molar-refractivity contribution in [1.82, 2.24) is 10.3 Å². The molecule has 0 bridgehead atoms. The first kappa shape index (κ1) is 26.2. The van der Waals surface area contributed by atoms with E-state index in [-0.39, 0.29) is 24.6 Å². The molecule has 2 N–H and O–H groups in total. The van der Waals surface area contributed by atoms with Gasteiger partial charge in [-0.1, -0.05) is 41.4 Å². The number of hydrogen-bond acceptors (Lipinski definition) is 5. The van der Waals surface area contributed by atoms with E-state index in [4.69, 9.17) is 44.6 Å². The molecule has 0 saturated carbocycles. The zero-order chi connectivity index (χ0) is 26.8. The van der Waals surface area contributed by atoms with Crippen LogP contribution in [0.15, 0.2) is 77.3 Å². The van der Waals surface area contributed by atoms with Gasteiger partial charge in [0.2, 0.25) is 5.91 Å². The Labute approximate surface area is 235 Å². The number of anilines is 2. The highest BCUT2D eigenvalue weighted by Gasteiger charge is 2.42. The average molecular weight is 567 g/mol.